The van der Waals surface area contributed by atoms with Gasteiger partial charge >= 0.3 is 0 Å². The van der Waals surface area contributed by atoms with Gasteiger partial charge in [-0.05, 0) is 52.2 Å². The maximum Gasteiger partial charge on any atom is 0.241 e. The van der Waals surface area contributed by atoms with Crippen molar-refractivity contribution < 1.29 is 12.8 Å². The molecule has 8 heteroatoms. The Morgan fingerprint density at radius 3 is 2.67 bits per heavy atom. The molecule has 0 aliphatic heterocycles. The van der Waals surface area contributed by atoms with E-state index in [-0.39, 0.29) is 18.0 Å². The first-order chi connectivity index (χ1) is 9.92. The fraction of sp³-hybridized carbons (Fsp3) is 0.231. The Morgan fingerprint density at radius 2 is 2.05 bits per heavy atom. The Bertz CT molecular complexity index is 732. The first kappa shape index (κ1) is 16.6. The molecular weight excluding hydrogens is 379 g/mol. The molecule has 0 radical (unpaired) electrons. The number of nitrogens with one attached hydrogen (secondary N) is 1. The van der Waals surface area contributed by atoms with E-state index in [0.717, 1.165) is 14.7 Å². The second-order valence-corrected chi connectivity index (χ2v) is 8.59. The van der Waals surface area contributed by atoms with Crippen LogP contribution >= 0.6 is 27.3 Å². The summed E-state index contributed by atoms with van der Waals surface area (Å²) >= 11 is 4.90. The molecule has 0 amide bonds. The summed E-state index contributed by atoms with van der Waals surface area (Å²) in [5.74, 6) is -0.602. The van der Waals surface area contributed by atoms with Gasteiger partial charge in [-0.1, -0.05) is 6.07 Å². The minimum atomic E-state index is -3.77. The second kappa shape index (κ2) is 6.97. The molecule has 0 atom stereocenters. The van der Waals surface area contributed by atoms with E-state index >= 15 is 0 Å². The van der Waals surface area contributed by atoms with E-state index in [1.54, 1.807) is 11.3 Å². The summed E-state index contributed by atoms with van der Waals surface area (Å²) in [5.41, 5.74) is 5.89. The van der Waals surface area contributed by atoms with Gasteiger partial charge < -0.3 is 5.73 Å². The fourth-order valence-corrected chi connectivity index (χ4v) is 4.59. The van der Waals surface area contributed by atoms with Crippen LogP contribution in [0.2, 0.25) is 0 Å². The lowest BCUT2D eigenvalue weighted by atomic mass is 10.2. The third kappa shape index (κ3) is 4.33. The van der Waals surface area contributed by atoms with E-state index in [1.165, 1.54) is 12.1 Å². The molecule has 0 spiro atoms. The van der Waals surface area contributed by atoms with E-state index in [9.17, 15) is 12.8 Å². The minimum Gasteiger partial charge on any atom is -0.326 e. The predicted octanol–water partition coefficient (Wildman–Crippen LogP) is 2.63. The van der Waals surface area contributed by atoms with Crippen LogP contribution in [0.5, 0.6) is 0 Å². The van der Waals surface area contributed by atoms with Crippen molar-refractivity contribution in [2.24, 2.45) is 5.73 Å². The minimum absolute atomic E-state index is 0.0361. The molecule has 0 saturated heterocycles. The quantitative estimate of drug-likeness (QED) is 0.793. The van der Waals surface area contributed by atoms with Crippen LogP contribution in [0.15, 0.2) is 39.0 Å². The number of nitrogens with two attached hydrogens (primary N) is 1. The number of benzene rings is 1. The summed E-state index contributed by atoms with van der Waals surface area (Å²) in [6.45, 7) is 0.282. The Labute approximate surface area is 135 Å². The summed E-state index contributed by atoms with van der Waals surface area (Å²) in [6.07, 6.45) is 0.572. The lowest BCUT2D eigenvalue weighted by Crippen LogP contribution is -2.27. The molecule has 0 aliphatic rings. The Balaban J connectivity index is 2.09. The van der Waals surface area contributed by atoms with Crippen molar-refractivity contribution in [1.82, 2.24) is 4.72 Å². The van der Waals surface area contributed by atoms with E-state index in [4.69, 9.17) is 5.73 Å². The summed E-state index contributed by atoms with van der Waals surface area (Å²) in [5, 5.41) is 0. The first-order valence-corrected chi connectivity index (χ1v) is 9.24. The summed E-state index contributed by atoms with van der Waals surface area (Å²) in [4.78, 5) is 0.959. The average molecular weight is 393 g/mol. The third-order valence-corrected chi connectivity index (χ3v) is 6.06. The van der Waals surface area contributed by atoms with E-state index < -0.39 is 15.8 Å². The number of halogens is 2. The van der Waals surface area contributed by atoms with Crippen molar-refractivity contribution in [2.75, 3.05) is 6.54 Å². The van der Waals surface area contributed by atoms with Crippen LogP contribution in [-0.2, 0) is 23.0 Å². The highest BCUT2D eigenvalue weighted by Gasteiger charge is 2.18. The molecule has 21 heavy (non-hydrogen) atoms. The molecule has 3 N–H and O–H groups in total. The van der Waals surface area contributed by atoms with E-state index in [1.807, 2.05) is 12.1 Å². The van der Waals surface area contributed by atoms with Crippen molar-refractivity contribution >= 4 is 37.3 Å². The molecule has 2 aromatic rings. The van der Waals surface area contributed by atoms with Crippen LogP contribution in [-0.4, -0.2) is 15.0 Å². The van der Waals surface area contributed by atoms with Crippen LogP contribution in [0.1, 0.15) is 10.4 Å². The normalized spacial score (nSPS) is 11.8. The zero-order valence-corrected chi connectivity index (χ0v) is 14.2. The van der Waals surface area contributed by atoms with Gasteiger partial charge in [0.15, 0.2) is 0 Å². The smallest absolute Gasteiger partial charge is 0.241 e. The van der Waals surface area contributed by atoms with Gasteiger partial charge in [-0.15, -0.1) is 11.3 Å². The molecule has 1 aromatic carbocycles. The molecule has 2 rings (SSSR count). The number of rotatable bonds is 6. The van der Waals surface area contributed by atoms with Crippen molar-refractivity contribution in [3.05, 3.63) is 50.4 Å². The molecule has 0 unspecified atom stereocenters. The predicted molar refractivity (Wildman–Crippen MR) is 85.2 cm³/mol. The molecule has 4 nitrogen and oxygen atoms in total. The molecule has 0 fully saturated rings. The number of thiophene rings is 1. The SMILES string of the molecule is NCc1ccc(F)cc1S(=O)(=O)NCCc1ccc(Br)s1. The standard InChI is InChI=1S/C13H14BrFN2O2S2/c14-13-4-3-11(20-13)5-6-17-21(18,19)12-7-10(15)2-1-9(12)8-16/h1-4,7,17H,5-6,8,16H2. The molecule has 0 bridgehead atoms. The topological polar surface area (TPSA) is 72.2 Å². The summed E-state index contributed by atoms with van der Waals surface area (Å²) < 4.78 is 41.2. The highest BCUT2D eigenvalue weighted by atomic mass is 79.9. The largest absolute Gasteiger partial charge is 0.326 e. The molecule has 0 saturated carbocycles. The number of hydrogen-bond donors (Lipinski definition) is 2. The van der Waals surface area contributed by atoms with E-state index in [2.05, 4.69) is 20.7 Å². The van der Waals surface area contributed by atoms with Crippen molar-refractivity contribution in [2.45, 2.75) is 17.9 Å². The lowest BCUT2D eigenvalue weighted by molar-refractivity contribution is 0.576. The maximum atomic E-state index is 13.3. The Kier molecular flexibility index (Phi) is 5.50. The van der Waals surface area contributed by atoms with Gasteiger partial charge in [-0.2, -0.15) is 0 Å². The van der Waals surface area contributed by atoms with Crippen molar-refractivity contribution in [1.29, 1.82) is 0 Å². The van der Waals surface area contributed by atoms with E-state index in [0.29, 0.717) is 12.0 Å². The van der Waals surface area contributed by atoms with Gasteiger partial charge in [0.2, 0.25) is 10.0 Å². The van der Waals surface area contributed by atoms with Gasteiger partial charge in [-0.3, -0.25) is 0 Å². The van der Waals surface area contributed by atoms with Gasteiger partial charge in [0.05, 0.1) is 8.68 Å². The molecule has 1 heterocycles. The Hall–Kier alpha value is -0.800. The highest BCUT2D eigenvalue weighted by Crippen LogP contribution is 2.22. The van der Waals surface area contributed by atoms with Crippen LogP contribution in [0.3, 0.4) is 0 Å². The zero-order chi connectivity index (χ0) is 15.5. The first-order valence-electron chi connectivity index (χ1n) is 6.15. The van der Waals surface area contributed by atoms with Gasteiger partial charge in [0.25, 0.3) is 0 Å². The monoisotopic (exact) mass is 392 g/mol. The summed E-state index contributed by atoms with van der Waals surface area (Å²) in [6, 6.07) is 7.42. The zero-order valence-electron chi connectivity index (χ0n) is 11.0. The molecule has 0 aliphatic carbocycles. The van der Waals surface area contributed by atoms with Crippen LogP contribution in [0, 0.1) is 5.82 Å². The van der Waals surface area contributed by atoms with Gasteiger partial charge in [-0.25, -0.2) is 17.5 Å². The average Bonchev–Trinajstić information content (AvgIpc) is 2.84. The Morgan fingerprint density at radius 1 is 1.29 bits per heavy atom. The lowest BCUT2D eigenvalue weighted by Gasteiger charge is -2.10. The maximum absolute atomic E-state index is 13.3. The van der Waals surface area contributed by atoms with Crippen LogP contribution in [0.4, 0.5) is 4.39 Å². The van der Waals surface area contributed by atoms with Crippen LogP contribution in [0.25, 0.3) is 0 Å². The van der Waals surface area contributed by atoms with Crippen molar-refractivity contribution in [3.8, 4) is 0 Å². The van der Waals surface area contributed by atoms with Gasteiger partial charge in [0.1, 0.15) is 5.82 Å². The second-order valence-electron chi connectivity index (χ2n) is 4.31. The summed E-state index contributed by atoms with van der Waals surface area (Å²) in [7, 11) is -3.77. The fourth-order valence-electron chi connectivity index (χ4n) is 1.82. The molecule has 1 aromatic heterocycles. The molecule has 114 valence electrons. The van der Waals surface area contributed by atoms with Gasteiger partial charge in [0, 0.05) is 18.0 Å². The third-order valence-electron chi connectivity index (χ3n) is 2.83. The number of sulfonamides is 1. The molecular formula is C13H14BrFN2O2S2. The number of hydrogen-bond acceptors (Lipinski definition) is 4. The highest BCUT2D eigenvalue weighted by molar-refractivity contribution is 9.11. The van der Waals surface area contributed by atoms with Crippen LogP contribution < -0.4 is 10.5 Å². The van der Waals surface area contributed by atoms with Crippen molar-refractivity contribution in [3.63, 3.8) is 0 Å².